The molecule has 0 spiro atoms. The van der Waals surface area contributed by atoms with Crippen LogP contribution in [0, 0.1) is 6.92 Å². The van der Waals surface area contributed by atoms with Gasteiger partial charge in [-0.25, -0.2) is 0 Å². The van der Waals surface area contributed by atoms with Crippen molar-refractivity contribution in [2.75, 3.05) is 0 Å². The molecule has 78 valence electrons. The zero-order chi connectivity index (χ0) is 10.8. The van der Waals surface area contributed by atoms with Crippen molar-refractivity contribution in [3.8, 4) is 0 Å². The van der Waals surface area contributed by atoms with Gasteiger partial charge in [0.15, 0.2) is 0 Å². The van der Waals surface area contributed by atoms with E-state index in [1.807, 2.05) is 6.92 Å². The summed E-state index contributed by atoms with van der Waals surface area (Å²) in [5, 5.41) is 1.23. The molecule has 1 heterocycles. The van der Waals surface area contributed by atoms with Gasteiger partial charge in [0.1, 0.15) is 0 Å². The quantitative estimate of drug-likeness (QED) is 0.710. The van der Waals surface area contributed by atoms with Gasteiger partial charge < -0.3 is 0 Å². The molecular formula is C14H17N. The van der Waals surface area contributed by atoms with E-state index in [9.17, 15) is 0 Å². The van der Waals surface area contributed by atoms with Crippen molar-refractivity contribution in [2.24, 2.45) is 0 Å². The molecule has 0 N–H and O–H groups in total. The van der Waals surface area contributed by atoms with Crippen LogP contribution in [-0.4, -0.2) is 4.98 Å². The molecule has 1 heteroatoms. The maximum Gasteiger partial charge on any atom is 0.0708 e. The summed E-state index contributed by atoms with van der Waals surface area (Å²) in [6.07, 6.45) is 1.18. The van der Waals surface area contributed by atoms with Crippen molar-refractivity contribution < 1.29 is 0 Å². The molecule has 0 aliphatic rings. The highest BCUT2D eigenvalue weighted by molar-refractivity contribution is 5.79. The number of aryl methyl sites for hydroxylation is 1. The third kappa shape index (κ3) is 2.01. The van der Waals surface area contributed by atoms with Crippen LogP contribution in [0.2, 0.25) is 0 Å². The van der Waals surface area contributed by atoms with Gasteiger partial charge in [-0.3, -0.25) is 4.98 Å². The maximum absolute atomic E-state index is 4.55. The Morgan fingerprint density at radius 1 is 1.20 bits per heavy atom. The summed E-state index contributed by atoms with van der Waals surface area (Å²) < 4.78 is 0. The molecule has 1 aromatic heterocycles. The lowest BCUT2D eigenvalue weighted by Crippen LogP contribution is -1.92. The summed E-state index contributed by atoms with van der Waals surface area (Å²) in [5.74, 6) is 0.622. The van der Waals surface area contributed by atoms with E-state index in [1.165, 1.54) is 17.4 Å². The van der Waals surface area contributed by atoms with Crippen LogP contribution in [0.5, 0.6) is 0 Å². The summed E-state index contributed by atoms with van der Waals surface area (Å²) in [7, 11) is 0. The third-order valence-corrected chi connectivity index (χ3v) is 3.04. The van der Waals surface area contributed by atoms with E-state index in [0.717, 1.165) is 11.2 Å². The Balaban J connectivity index is 2.54. The Kier molecular flexibility index (Phi) is 2.72. The number of hydrogen-bond donors (Lipinski definition) is 0. The largest absolute Gasteiger partial charge is 0.253 e. The van der Waals surface area contributed by atoms with E-state index in [1.54, 1.807) is 0 Å². The van der Waals surface area contributed by atoms with Crippen LogP contribution in [0.25, 0.3) is 10.9 Å². The highest BCUT2D eigenvalue weighted by Gasteiger charge is 2.04. The summed E-state index contributed by atoms with van der Waals surface area (Å²) >= 11 is 0. The Morgan fingerprint density at radius 3 is 2.67 bits per heavy atom. The zero-order valence-electron chi connectivity index (χ0n) is 9.62. The van der Waals surface area contributed by atoms with Crippen LogP contribution < -0.4 is 0 Å². The van der Waals surface area contributed by atoms with Crippen molar-refractivity contribution in [2.45, 2.75) is 33.1 Å². The topological polar surface area (TPSA) is 12.9 Å². The number of hydrogen-bond acceptors (Lipinski definition) is 1. The van der Waals surface area contributed by atoms with E-state index in [2.05, 4.69) is 49.2 Å². The second kappa shape index (κ2) is 4.01. The Labute approximate surface area is 91.2 Å². The number of nitrogens with zero attached hydrogens (tertiary/aromatic N) is 1. The number of aromatic nitrogens is 1. The van der Waals surface area contributed by atoms with Crippen LogP contribution in [0.15, 0.2) is 30.3 Å². The molecule has 2 aromatic rings. The molecule has 0 aliphatic carbocycles. The highest BCUT2D eigenvalue weighted by atomic mass is 14.7. The number of fused-ring (bicyclic) bond motifs is 1. The van der Waals surface area contributed by atoms with E-state index in [4.69, 9.17) is 0 Å². The van der Waals surface area contributed by atoms with Crippen LogP contribution in [-0.2, 0) is 0 Å². The monoisotopic (exact) mass is 199 g/mol. The first-order valence-corrected chi connectivity index (χ1v) is 5.58. The van der Waals surface area contributed by atoms with Crippen molar-refractivity contribution in [3.63, 3.8) is 0 Å². The SMILES string of the molecule is CCC(C)c1ccc2ccc(C)nc2c1. The zero-order valence-corrected chi connectivity index (χ0v) is 9.62. The standard InChI is InChI=1S/C14H17N/c1-4-10(2)13-8-7-12-6-5-11(3)15-14(12)9-13/h5-10H,4H2,1-3H3. The first-order chi connectivity index (χ1) is 7.20. The number of pyridine rings is 1. The van der Waals surface area contributed by atoms with Gasteiger partial charge in [0.05, 0.1) is 5.52 Å². The second-order valence-corrected chi connectivity index (χ2v) is 4.21. The van der Waals surface area contributed by atoms with E-state index < -0.39 is 0 Å². The summed E-state index contributed by atoms with van der Waals surface area (Å²) in [6, 6.07) is 10.8. The smallest absolute Gasteiger partial charge is 0.0708 e. The molecule has 0 aliphatic heterocycles. The van der Waals surface area contributed by atoms with Crippen molar-refractivity contribution in [1.29, 1.82) is 0 Å². The maximum atomic E-state index is 4.55. The fourth-order valence-corrected chi connectivity index (χ4v) is 1.78. The fourth-order valence-electron chi connectivity index (χ4n) is 1.78. The number of benzene rings is 1. The van der Waals surface area contributed by atoms with Gasteiger partial charge in [0.25, 0.3) is 0 Å². The summed E-state index contributed by atoms with van der Waals surface area (Å²) in [5.41, 5.74) is 3.60. The fraction of sp³-hybridized carbons (Fsp3) is 0.357. The van der Waals surface area contributed by atoms with Gasteiger partial charge in [-0.2, -0.15) is 0 Å². The summed E-state index contributed by atoms with van der Waals surface area (Å²) in [6.45, 7) is 6.52. The van der Waals surface area contributed by atoms with Crippen LogP contribution >= 0.6 is 0 Å². The minimum Gasteiger partial charge on any atom is -0.253 e. The van der Waals surface area contributed by atoms with Crippen LogP contribution in [0.1, 0.15) is 37.4 Å². The molecule has 1 unspecified atom stereocenters. The van der Waals surface area contributed by atoms with Gasteiger partial charge in [0, 0.05) is 11.1 Å². The second-order valence-electron chi connectivity index (χ2n) is 4.21. The van der Waals surface area contributed by atoms with Gasteiger partial charge >= 0.3 is 0 Å². The highest BCUT2D eigenvalue weighted by Crippen LogP contribution is 2.22. The third-order valence-electron chi connectivity index (χ3n) is 3.04. The first kappa shape index (κ1) is 10.2. The molecule has 15 heavy (non-hydrogen) atoms. The van der Waals surface area contributed by atoms with Crippen LogP contribution in [0.3, 0.4) is 0 Å². The number of rotatable bonds is 2. The molecule has 2 rings (SSSR count). The van der Waals surface area contributed by atoms with Gasteiger partial charge in [0.2, 0.25) is 0 Å². The molecule has 0 saturated heterocycles. The lowest BCUT2D eigenvalue weighted by molar-refractivity contribution is 0.734. The molecule has 1 aromatic carbocycles. The van der Waals surface area contributed by atoms with Crippen LogP contribution in [0.4, 0.5) is 0 Å². The average Bonchev–Trinajstić information content (AvgIpc) is 2.27. The van der Waals surface area contributed by atoms with E-state index >= 15 is 0 Å². The molecule has 0 saturated carbocycles. The molecule has 0 radical (unpaired) electrons. The Bertz CT molecular complexity index is 474. The molecule has 0 amide bonds. The van der Waals surface area contributed by atoms with Gasteiger partial charge in [-0.05, 0) is 37.0 Å². The lowest BCUT2D eigenvalue weighted by Gasteiger charge is -2.09. The van der Waals surface area contributed by atoms with E-state index in [-0.39, 0.29) is 0 Å². The predicted molar refractivity (Wildman–Crippen MR) is 65.2 cm³/mol. The predicted octanol–water partition coefficient (Wildman–Crippen LogP) is 4.06. The molecule has 1 atom stereocenters. The first-order valence-electron chi connectivity index (χ1n) is 5.58. The van der Waals surface area contributed by atoms with Crippen molar-refractivity contribution in [1.82, 2.24) is 4.98 Å². The summed E-state index contributed by atoms with van der Waals surface area (Å²) in [4.78, 5) is 4.55. The molecule has 1 nitrogen and oxygen atoms in total. The van der Waals surface area contributed by atoms with E-state index in [0.29, 0.717) is 5.92 Å². The minimum atomic E-state index is 0.622. The van der Waals surface area contributed by atoms with Crippen molar-refractivity contribution >= 4 is 10.9 Å². The Morgan fingerprint density at radius 2 is 1.93 bits per heavy atom. The lowest BCUT2D eigenvalue weighted by atomic mass is 9.97. The molecule has 0 bridgehead atoms. The van der Waals surface area contributed by atoms with Gasteiger partial charge in [-0.15, -0.1) is 0 Å². The van der Waals surface area contributed by atoms with Gasteiger partial charge in [-0.1, -0.05) is 32.0 Å². The minimum absolute atomic E-state index is 0.622. The molecule has 0 fully saturated rings. The molecular weight excluding hydrogens is 182 g/mol. The Hall–Kier alpha value is -1.37. The average molecular weight is 199 g/mol. The van der Waals surface area contributed by atoms with Crippen molar-refractivity contribution in [3.05, 3.63) is 41.6 Å². The normalized spacial score (nSPS) is 13.0.